The van der Waals surface area contributed by atoms with Crippen molar-refractivity contribution in [3.63, 3.8) is 0 Å². The summed E-state index contributed by atoms with van der Waals surface area (Å²) in [6.45, 7) is -0.270. The first kappa shape index (κ1) is 15.0. The van der Waals surface area contributed by atoms with Crippen molar-refractivity contribution < 1.29 is 19.0 Å². The molecule has 0 saturated heterocycles. The summed E-state index contributed by atoms with van der Waals surface area (Å²) in [5.41, 5.74) is 0.660. The largest absolute Gasteiger partial charge is 0.497 e. The molecule has 2 aromatic carbocycles. The Morgan fingerprint density at radius 3 is 2.57 bits per heavy atom. The number of ether oxygens (including phenoxy) is 1. The molecule has 21 heavy (non-hydrogen) atoms. The highest BCUT2D eigenvalue weighted by atomic mass is 19.1. The maximum Gasteiger partial charge on any atom is 0.254 e. The molecule has 0 aliphatic rings. The molecule has 2 aromatic rings. The van der Waals surface area contributed by atoms with Crippen LogP contribution in [0.4, 0.5) is 4.39 Å². The highest BCUT2D eigenvalue weighted by molar-refractivity contribution is 5.94. The molecule has 0 spiro atoms. The van der Waals surface area contributed by atoms with E-state index in [0.29, 0.717) is 5.75 Å². The Hall–Kier alpha value is -2.40. The molecule has 0 aromatic heterocycles. The number of nitrogens with one attached hydrogen (secondary N) is 1. The second-order valence-corrected chi connectivity index (χ2v) is 4.47. The number of halogens is 1. The number of amides is 1. The van der Waals surface area contributed by atoms with Gasteiger partial charge in [-0.3, -0.25) is 4.79 Å². The van der Waals surface area contributed by atoms with Crippen LogP contribution in [0.5, 0.6) is 5.75 Å². The van der Waals surface area contributed by atoms with Gasteiger partial charge in [-0.15, -0.1) is 0 Å². The van der Waals surface area contributed by atoms with Gasteiger partial charge in [0.05, 0.1) is 25.3 Å². The van der Waals surface area contributed by atoms with Crippen LogP contribution in [0.2, 0.25) is 0 Å². The predicted molar refractivity (Wildman–Crippen MR) is 76.7 cm³/mol. The fraction of sp³-hybridized carbons (Fsp3) is 0.188. The summed E-state index contributed by atoms with van der Waals surface area (Å²) in [5.74, 6) is -0.916. The van der Waals surface area contributed by atoms with Crippen molar-refractivity contribution in [3.05, 3.63) is 65.5 Å². The second-order valence-electron chi connectivity index (χ2n) is 4.47. The second kappa shape index (κ2) is 6.85. The van der Waals surface area contributed by atoms with Crippen LogP contribution >= 0.6 is 0 Å². The van der Waals surface area contributed by atoms with E-state index in [9.17, 15) is 14.3 Å². The van der Waals surface area contributed by atoms with Crippen LogP contribution < -0.4 is 10.1 Å². The Balaban J connectivity index is 2.17. The minimum absolute atomic E-state index is 0.0924. The number of aliphatic hydroxyl groups excluding tert-OH is 1. The zero-order chi connectivity index (χ0) is 15.2. The highest BCUT2D eigenvalue weighted by Crippen LogP contribution is 2.18. The summed E-state index contributed by atoms with van der Waals surface area (Å²) in [7, 11) is 1.42. The molecule has 5 heteroatoms. The molecule has 0 aliphatic carbocycles. The first-order valence-electron chi connectivity index (χ1n) is 6.46. The number of rotatable bonds is 5. The van der Waals surface area contributed by atoms with Crippen LogP contribution in [0.1, 0.15) is 22.0 Å². The van der Waals surface area contributed by atoms with E-state index < -0.39 is 17.8 Å². The molecule has 2 rings (SSSR count). The smallest absolute Gasteiger partial charge is 0.254 e. The monoisotopic (exact) mass is 289 g/mol. The molecule has 0 radical (unpaired) electrons. The van der Waals surface area contributed by atoms with E-state index in [1.54, 1.807) is 24.3 Å². The van der Waals surface area contributed by atoms with Crippen LogP contribution in [0.25, 0.3) is 0 Å². The third-order valence-corrected chi connectivity index (χ3v) is 3.11. The summed E-state index contributed by atoms with van der Waals surface area (Å²) in [5, 5.41) is 12.0. The minimum Gasteiger partial charge on any atom is -0.497 e. The molecule has 0 bridgehead atoms. The van der Waals surface area contributed by atoms with E-state index >= 15 is 0 Å². The highest BCUT2D eigenvalue weighted by Gasteiger charge is 2.17. The Kier molecular flexibility index (Phi) is 4.90. The van der Waals surface area contributed by atoms with Gasteiger partial charge in [0, 0.05) is 6.07 Å². The summed E-state index contributed by atoms with van der Waals surface area (Å²) in [6, 6.07) is 12.4. The van der Waals surface area contributed by atoms with E-state index in [1.807, 2.05) is 6.07 Å². The molecule has 4 nitrogen and oxygen atoms in total. The van der Waals surface area contributed by atoms with Crippen LogP contribution in [-0.2, 0) is 0 Å². The molecule has 1 amide bonds. The van der Waals surface area contributed by atoms with Crippen LogP contribution in [0.15, 0.2) is 48.5 Å². The SMILES string of the molecule is COc1ccc(C(=O)N[C@H](CO)c2ccccc2)c(F)c1. The predicted octanol–water partition coefficient (Wildman–Crippen LogP) is 2.30. The van der Waals surface area contributed by atoms with Gasteiger partial charge in [0.25, 0.3) is 5.91 Å². The van der Waals surface area contributed by atoms with E-state index in [-0.39, 0.29) is 12.2 Å². The molecule has 0 fully saturated rings. The first-order valence-corrected chi connectivity index (χ1v) is 6.46. The lowest BCUT2D eigenvalue weighted by Gasteiger charge is -2.17. The average Bonchev–Trinajstić information content (AvgIpc) is 2.53. The van der Waals surface area contributed by atoms with Crippen molar-refractivity contribution in [1.82, 2.24) is 5.32 Å². The maximum absolute atomic E-state index is 13.8. The zero-order valence-electron chi connectivity index (χ0n) is 11.5. The molecule has 2 N–H and O–H groups in total. The molecule has 110 valence electrons. The number of methoxy groups -OCH3 is 1. The van der Waals surface area contributed by atoms with Crippen LogP contribution in [0.3, 0.4) is 0 Å². The third kappa shape index (κ3) is 3.58. The number of carbonyl (C=O) groups excluding carboxylic acids is 1. The number of hydrogen-bond acceptors (Lipinski definition) is 3. The summed E-state index contributed by atoms with van der Waals surface area (Å²) >= 11 is 0. The van der Waals surface area contributed by atoms with Crippen molar-refractivity contribution in [2.24, 2.45) is 0 Å². The van der Waals surface area contributed by atoms with Gasteiger partial charge in [-0.1, -0.05) is 30.3 Å². The van der Waals surface area contributed by atoms with Crippen LogP contribution in [0, 0.1) is 5.82 Å². The van der Waals surface area contributed by atoms with Crippen molar-refractivity contribution in [2.75, 3.05) is 13.7 Å². The molecule has 0 unspecified atom stereocenters. The van der Waals surface area contributed by atoms with Crippen LogP contribution in [-0.4, -0.2) is 24.7 Å². The van der Waals surface area contributed by atoms with Gasteiger partial charge in [0.15, 0.2) is 0 Å². The number of benzene rings is 2. The van der Waals surface area contributed by atoms with Crippen molar-refractivity contribution in [2.45, 2.75) is 6.04 Å². The van der Waals surface area contributed by atoms with Gasteiger partial charge in [-0.05, 0) is 17.7 Å². The molecular formula is C16H16FNO3. The van der Waals surface area contributed by atoms with Gasteiger partial charge in [0.1, 0.15) is 11.6 Å². The zero-order valence-corrected chi connectivity index (χ0v) is 11.5. The summed E-state index contributed by atoms with van der Waals surface area (Å²) < 4.78 is 18.7. The van der Waals surface area contributed by atoms with Crippen molar-refractivity contribution in [3.8, 4) is 5.75 Å². The average molecular weight is 289 g/mol. The number of aliphatic hydroxyl groups is 1. The van der Waals surface area contributed by atoms with Gasteiger partial charge >= 0.3 is 0 Å². The molecular weight excluding hydrogens is 273 g/mol. The van der Waals surface area contributed by atoms with E-state index in [4.69, 9.17) is 4.74 Å². The summed E-state index contributed by atoms with van der Waals surface area (Å²) in [4.78, 5) is 12.1. The van der Waals surface area contributed by atoms with Gasteiger partial charge in [-0.2, -0.15) is 0 Å². The molecule has 1 atom stereocenters. The normalized spacial score (nSPS) is 11.8. The minimum atomic E-state index is -0.670. The standard InChI is InChI=1S/C16H16FNO3/c1-21-12-7-8-13(14(17)9-12)16(20)18-15(10-19)11-5-3-2-4-6-11/h2-9,15,19H,10H2,1H3,(H,18,20)/t15-/m1/s1. The van der Waals surface area contributed by atoms with E-state index in [1.165, 1.54) is 19.2 Å². The van der Waals surface area contributed by atoms with Crippen molar-refractivity contribution >= 4 is 5.91 Å². The Morgan fingerprint density at radius 1 is 1.29 bits per heavy atom. The lowest BCUT2D eigenvalue weighted by atomic mass is 10.1. The maximum atomic E-state index is 13.8. The van der Waals surface area contributed by atoms with Gasteiger partial charge in [0.2, 0.25) is 0 Å². The topological polar surface area (TPSA) is 58.6 Å². The van der Waals surface area contributed by atoms with E-state index in [2.05, 4.69) is 5.32 Å². The molecule has 0 aliphatic heterocycles. The van der Waals surface area contributed by atoms with E-state index in [0.717, 1.165) is 11.6 Å². The lowest BCUT2D eigenvalue weighted by Crippen LogP contribution is -2.31. The number of hydrogen-bond donors (Lipinski definition) is 2. The van der Waals surface area contributed by atoms with Crippen molar-refractivity contribution in [1.29, 1.82) is 0 Å². The first-order chi connectivity index (χ1) is 10.2. The Morgan fingerprint density at radius 2 is 2.00 bits per heavy atom. The Labute approximate surface area is 122 Å². The number of carbonyl (C=O) groups is 1. The van der Waals surface area contributed by atoms with Gasteiger partial charge < -0.3 is 15.2 Å². The van der Waals surface area contributed by atoms with Gasteiger partial charge in [-0.25, -0.2) is 4.39 Å². The quantitative estimate of drug-likeness (QED) is 0.888. The third-order valence-electron chi connectivity index (χ3n) is 3.11. The Bertz CT molecular complexity index is 616. The fourth-order valence-corrected chi connectivity index (χ4v) is 1.96. The molecule has 0 heterocycles. The summed E-state index contributed by atoms with van der Waals surface area (Å²) in [6.07, 6.45) is 0. The lowest BCUT2D eigenvalue weighted by molar-refractivity contribution is 0.0912. The fourth-order valence-electron chi connectivity index (χ4n) is 1.96. The molecule has 0 saturated carbocycles.